The Bertz CT molecular complexity index is 347. The number of hydrogen-bond acceptors (Lipinski definition) is 2. The lowest BCUT2D eigenvalue weighted by Crippen LogP contribution is -2.39. The third-order valence-electron chi connectivity index (χ3n) is 3.24. The minimum atomic E-state index is 0.575. The minimum Gasteiger partial charge on any atom is -0.373 e. The summed E-state index contributed by atoms with van der Waals surface area (Å²) in [4.78, 5) is 2.35. The molecule has 0 fully saturated rings. The van der Waals surface area contributed by atoms with E-state index in [9.17, 15) is 0 Å². The second-order valence-electron chi connectivity index (χ2n) is 4.83. The Balaban J connectivity index is 2.71. The summed E-state index contributed by atoms with van der Waals surface area (Å²) in [7, 11) is 2.18. The predicted octanol–water partition coefficient (Wildman–Crippen LogP) is 3.13. The summed E-state index contributed by atoms with van der Waals surface area (Å²) in [5.41, 5.74) is 4.03. The Morgan fingerprint density at radius 2 is 1.94 bits per heavy atom. The number of anilines is 1. The fourth-order valence-corrected chi connectivity index (χ4v) is 2.29. The molecule has 0 spiro atoms. The van der Waals surface area contributed by atoms with Crippen LogP contribution in [0.1, 0.15) is 31.4 Å². The van der Waals surface area contributed by atoms with Gasteiger partial charge in [0, 0.05) is 25.3 Å². The molecule has 1 atom stereocenters. The summed E-state index contributed by atoms with van der Waals surface area (Å²) in [6.45, 7) is 10.8. The summed E-state index contributed by atoms with van der Waals surface area (Å²) in [5.74, 6) is 0. The molecule has 0 aliphatic rings. The molecule has 0 heterocycles. The van der Waals surface area contributed by atoms with Gasteiger partial charge in [-0.25, -0.2) is 0 Å². The number of likely N-dealkylation sites (N-methyl/N-ethyl adjacent to an activating group) is 2. The Hall–Kier alpha value is -1.02. The standard InChI is InChI=1S/C15H26N2/c1-6-14(16-7-2)11-17(5)15-9-8-12(3)10-13(15)4/h8-10,14,16H,6-7,11H2,1-5H3. The van der Waals surface area contributed by atoms with Gasteiger partial charge in [-0.3, -0.25) is 0 Å². The van der Waals surface area contributed by atoms with Crippen LogP contribution in [0.2, 0.25) is 0 Å². The van der Waals surface area contributed by atoms with Crippen molar-refractivity contribution in [2.24, 2.45) is 0 Å². The molecule has 1 unspecified atom stereocenters. The first-order valence-corrected chi connectivity index (χ1v) is 6.60. The molecule has 0 aliphatic carbocycles. The van der Waals surface area contributed by atoms with Crippen molar-refractivity contribution in [1.29, 1.82) is 0 Å². The highest BCUT2D eigenvalue weighted by Crippen LogP contribution is 2.20. The van der Waals surface area contributed by atoms with Gasteiger partial charge in [0.2, 0.25) is 0 Å². The lowest BCUT2D eigenvalue weighted by atomic mass is 10.1. The zero-order valence-corrected chi connectivity index (χ0v) is 11.9. The molecule has 2 heteroatoms. The van der Waals surface area contributed by atoms with Gasteiger partial charge in [-0.15, -0.1) is 0 Å². The first-order valence-electron chi connectivity index (χ1n) is 6.60. The van der Waals surface area contributed by atoms with Crippen molar-refractivity contribution < 1.29 is 0 Å². The van der Waals surface area contributed by atoms with Crippen LogP contribution in [0.15, 0.2) is 18.2 Å². The summed E-state index contributed by atoms with van der Waals surface area (Å²) >= 11 is 0. The van der Waals surface area contributed by atoms with Crippen LogP contribution in [0, 0.1) is 13.8 Å². The zero-order valence-electron chi connectivity index (χ0n) is 11.9. The van der Waals surface area contributed by atoms with Crippen LogP contribution < -0.4 is 10.2 Å². The highest BCUT2D eigenvalue weighted by molar-refractivity contribution is 5.53. The van der Waals surface area contributed by atoms with Gasteiger partial charge in [0.15, 0.2) is 0 Å². The number of hydrogen-bond donors (Lipinski definition) is 1. The molecule has 0 aromatic heterocycles. The van der Waals surface area contributed by atoms with Crippen LogP contribution in [-0.4, -0.2) is 26.2 Å². The lowest BCUT2D eigenvalue weighted by molar-refractivity contribution is 0.512. The minimum absolute atomic E-state index is 0.575. The molecule has 0 radical (unpaired) electrons. The molecule has 0 amide bonds. The largest absolute Gasteiger partial charge is 0.373 e. The Morgan fingerprint density at radius 3 is 2.47 bits per heavy atom. The maximum Gasteiger partial charge on any atom is 0.0394 e. The maximum absolute atomic E-state index is 3.52. The van der Waals surface area contributed by atoms with Crippen LogP contribution in [0.25, 0.3) is 0 Å². The molecule has 1 aromatic rings. The summed E-state index contributed by atoms with van der Waals surface area (Å²) in [5, 5.41) is 3.52. The van der Waals surface area contributed by atoms with Crippen molar-refractivity contribution in [1.82, 2.24) is 5.32 Å². The summed E-state index contributed by atoms with van der Waals surface area (Å²) in [6, 6.07) is 7.24. The third kappa shape index (κ3) is 4.04. The highest BCUT2D eigenvalue weighted by Gasteiger charge is 2.10. The van der Waals surface area contributed by atoms with Gasteiger partial charge < -0.3 is 10.2 Å². The Morgan fingerprint density at radius 1 is 1.24 bits per heavy atom. The van der Waals surface area contributed by atoms with E-state index >= 15 is 0 Å². The number of rotatable bonds is 6. The van der Waals surface area contributed by atoms with Gasteiger partial charge in [-0.05, 0) is 38.4 Å². The van der Waals surface area contributed by atoms with E-state index in [1.807, 2.05) is 0 Å². The van der Waals surface area contributed by atoms with Crippen molar-refractivity contribution >= 4 is 5.69 Å². The fourth-order valence-electron chi connectivity index (χ4n) is 2.29. The van der Waals surface area contributed by atoms with E-state index in [2.05, 4.69) is 63.2 Å². The zero-order chi connectivity index (χ0) is 12.8. The van der Waals surface area contributed by atoms with Crippen LogP contribution in [0.4, 0.5) is 5.69 Å². The van der Waals surface area contributed by atoms with E-state index in [4.69, 9.17) is 0 Å². The third-order valence-corrected chi connectivity index (χ3v) is 3.24. The number of aryl methyl sites for hydroxylation is 2. The Kier molecular flexibility index (Phi) is 5.49. The molecule has 1 rings (SSSR count). The molecule has 0 bridgehead atoms. The molecule has 96 valence electrons. The first kappa shape index (κ1) is 14.0. The molecule has 2 nitrogen and oxygen atoms in total. The molecule has 0 saturated carbocycles. The molecule has 1 N–H and O–H groups in total. The van der Waals surface area contributed by atoms with Crippen molar-refractivity contribution in [2.75, 3.05) is 25.0 Å². The Labute approximate surface area is 106 Å². The van der Waals surface area contributed by atoms with Crippen molar-refractivity contribution in [3.8, 4) is 0 Å². The average Bonchev–Trinajstić information content (AvgIpc) is 2.28. The monoisotopic (exact) mass is 234 g/mol. The second kappa shape index (κ2) is 6.65. The van der Waals surface area contributed by atoms with E-state index in [1.165, 1.54) is 23.2 Å². The van der Waals surface area contributed by atoms with Crippen molar-refractivity contribution in [2.45, 2.75) is 40.2 Å². The molecule has 1 aromatic carbocycles. The van der Waals surface area contributed by atoms with E-state index < -0.39 is 0 Å². The van der Waals surface area contributed by atoms with Crippen LogP contribution in [0.3, 0.4) is 0 Å². The number of nitrogens with one attached hydrogen (secondary N) is 1. The van der Waals surface area contributed by atoms with E-state index in [0.29, 0.717) is 6.04 Å². The molecule has 0 aliphatic heterocycles. The lowest BCUT2D eigenvalue weighted by Gasteiger charge is -2.27. The second-order valence-corrected chi connectivity index (χ2v) is 4.83. The van der Waals surface area contributed by atoms with Crippen LogP contribution in [0.5, 0.6) is 0 Å². The normalized spacial score (nSPS) is 12.5. The number of nitrogens with zero attached hydrogens (tertiary/aromatic N) is 1. The molecule has 17 heavy (non-hydrogen) atoms. The average molecular weight is 234 g/mol. The van der Waals surface area contributed by atoms with Gasteiger partial charge in [0.25, 0.3) is 0 Å². The van der Waals surface area contributed by atoms with E-state index in [1.54, 1.807) is 0 Å². The SMILES string of the molecule is CCNC(CC)CN(C)c1ccc(C)cc1C. The van der Waals surface area contributed by atoms with Crippen molar-refractivity contribution in [3.05, 3.63) is 29.3 Å². The maximum atomic E-state index is 3.52. The smallest absolute Gasteiger partial charge is 0.0394 e. The van der Waals surface area contributed by atoms with Gasteiger partial charge in [0.1, 0.15) is 0 Å². The summed E-state index contributed by atoms with van der Waals surface area (Å²) in [6.07, 6.45) is 1.17. The molecular formula is C15H26N2. The first-order chi connectivity index (χ1) is 8.08. The summed E-state index contributed by atoms with van der Waals surface area (Å²) < 4.78 is 0. The van der Waals surface area contributed by atoms with Gasteiger partial charge >= 0.3 is 0 Å². The quantitative estimate of drug-likeness (QED) is 0.813. The fraction of sp³-hybridized carbons (Fsp3) is 0.600. The van der Waals surface area contributed by atoms with E-state index in [-0.39, 0.29) is 0 Å². The van der Waals surface area contributed by atoms with E-state index in [0.717, 1.165) is 13.1 Å². The number of benzene rings is 1. The molecular weight excluding hydrogens is 208 g/mol. The van der Waals surface area contributed by atoms with Crippen LogP contribution in [-0.2, 0) is 0 Å². The van der Waals surface area contributed by atoms with Gasteiger partial charge in [-0.1, -0.05) is 31.5 Å². The van der Waals surface area contributed by atoms with Gasteiger partial charge in [-0.2, -0.15) is 0 Å². The topological polar surface area (TPSA) is 15.3 Å². The van der Waals surface area contributed by atoms with Crippen LogP contribution >= 0.6 is 0 Å². The molecule has 0 saturated heterocycles. The predicted molar refractivity (Wildman–Crippen MR) is 76.9 cm³/mol. The highest BCUT2D eigenvalue weighted by atomic mass is 15.1. The van der Waals surface area contributed by atoms with Crippen molar-refractivity contribution in [3.63, 3.8) is 0 Å². The van der Waals surface area contributed by atoms with Gasteiger partial charge in [0.05, 0.1) is 0 Å².